The van der Waals surface area contributed by atoms with Crippen molar-refractivity contribution in [1.29, 1.82) is 0 Å². The Hall–Kier alpha value is -2.17. The van der Waals surface area contributed by atoms with E-state index in [1.54, 1.807) is 18.2 Å². The Labute approximate surface area is 84.1 Å². The molecule has 2 rings (SSSR count). The van der Waals surface area contributed by atoms with Crippen molar-refractivity contribution in [2.24, 2.45) is 10.2 Å². The van der Waals surface area contributed by atoms with Crippen LogP contribution in [-0.2, 0) is 4.79 Å². The van der Waals surface area contributed by atoms with Crippen LogP contribution in [0.1, 0.15) is 10.4 Å². The third-order valence-corrected chi connectivity index (χ3v) is 1.89. The fraction of sp³-hybridized carbons (Fsp3) is 0. The van der Waals surface area contributed by atoms with Gasteiger partial charge >= 0.3 is 5.91 Å². The third kappa shape index (κ3) is 1.59. The molecule has 4 nitrogen and oxygen atoms in total. The zero-order chi connectivity index (χ0) is 10.8. The predicted octanol–water partition coefficient (Wildman–Crippen LogP) is 2.04. The maximum absolute atomic E-state index is 13.0. The monoisotopic (exact) mass is 204 g/mol. The number of allylic oxidation sites excluding steroid dienone is 1. The van der Waals surface area contributed by atoms with Crippen molar-refractivity contribution in [1.82, 2.24) is 0 Å². The molecule has 0 bridgehead atoms. The van der Waals surface area contributed by atoms with Gasteiger partial charge in [-0.1, -0.05) is 30.3 Å². The predicted molar refractivity (Wildman–Crippen MR) is 48.8 cm³/mol. The lowest BCUT2D eigenvalue weighted by Crippen LogP contribution is -2.02. The Morgan fingerprint density at radius 2 is 1.80 bits per heavy atom. The Bertz CT molecular complexity index is 491. The van der Waals surface area contributed by atoms with Crippen LogP contribution < -0.4 is 0 Å². The molecule has 1 amide bonds. The molecule has 1 aliphatic rings. The maximum atomic E-state index is 13.0. The first-order valence-corrected chi connectivity index (χ1v) is 4.16. The standard InChI is InChI=1S/C10H5FN2O2/c11-7-8(12-13-10(7)15)9(14)6-4-2-1-3-5-6/h1-5H. The van der Waals surface area contributed by atoms with E-state index < -0.39 is 23.2 Å². The van der Waals surface area contributed by atoms with Crippen LogP contribution in [0.25, 0.3) is 0 Å². The number of halogens is 1. The molecule has 0 spiro atoms. The third-order valence-electron chi connectivity index (χ3n) is 1.89. The maximum Gasteiger partial charge on any atom is 0.326 e. The Balaban J connectivity index is 2.39. The van der Waals surface area contributed by atoms with Crippen molar-refractivity contribution in [2.75, 3.05) is 0 Å². The Morgan fingerprint density at radius 3 is 2.33 bits per heavy atom. The second-order valence-corrected chi connectivity index (χ2v) is 2.86. The first-order chi connectivity index (χ1) is 7.20. The summed E-state index contributed by atoms with van der Waals surface area (Å²) in [6.07, 6.45) is 0. The molecule has 0 unspecified atom stereocenters. The van der Waals surface area contributed by atoms with Gasteiger partial charge < -0.3 is 0 Å². The molecule has 1 aliphatic heterocycles. The van der Waals surface area contributed by atoms with Gasteiger partial charge in [0, 0.05) is 5.56 Å². The van der Waals surface area contributed by atoms with Crippen molar-refractivity contribution in [3.8, 4) is 0 Å². The van der Waals surface area contributed by atoms with Crippen LogP contribution in [0.2, 0.25) is 0 Å². The van der Waals surface area contributed by atoms with E-state index in [0.29, 0.717) is 0 Å². The second kappa shape index (κ2) is 3.53. The number of rotatable bonds is 2. The van der Waals surface area contributed by atoms with Crippen LogP contribution in [0.5, 0.6) is 0 Å². The van der Waals surface area contributed by atoms with Crippen molar-refractivity contribution in [3.63, 3.8) is 0 Å². The summed E-state index contributed by atoms with van der Waals surface area (Å²) in [5, 5.41) is 6.17. The molecule has 0 radical (unpaired) electrons. The smallest absolute Gasteiger partial charge is 0.287 e. The molecular weight excluding hydrogens is 199 g/mol. The summed E-state index contributed by atoms with van der Waals surface area (Å²) in [5.41, 5.74) is -0.248. The number of carbonyl (C=O) groups is 2. The number of amides is 1. The first-order valence-electron chi connectivity index (χ1n) is 4.16. The second-order valence-electron chi connectivity index (χ2n) is 2.86. The van der Waals surface area contributed by atoms with Crippen molar-refractivity contribution >= 4 is 11.7 Å². The Kier molecular flexibility index (Phi) is 2.21. The van der Waals surface area contributed by atoms with Crippen LogP contribution >= 0.6 is 0 Å². The molecule has 1 aromatic carbocycles. The number of hydrogen-bond acceptors (Lipinski definition) is 3. The van der Waals surface area contributed by atoms with Gasteiger partial charge in [-0.25, -0.2) is 0 Å². The number of nitrogens with zero attached hydrogens (tertiary/aromatic N) is 2. The summed E-state index contributed by atoms with van der Waals surface area (Å²) in [5.74, 6) is -2.93. The minimum Gasteiger partial charge on any atom is -0.287 e. The van der Waals surface area contributed by atoms with E-state index in [1.807, 2.05) is 0 Å². The molecule has 1 heterocycles. The van der Waals surface area contributed by atoms with Crippen LogP contribution in [0.15, 0.2) is 52.1 Å². The van der Waals surface area contributed by atoms with E-state index >= 15 is 0 Å². The minimum atomic E-state index is -1.19. The Morgan fingerprint density at radius 1 is 1.13 bits per heavy atom. The molecule has 0 fully saturated rings. The SMILES string of the molecule is O=C1N=NC(C(=O)c2ccccc2)=C1F. The van der Waals surface area contributed by atoms with Gasteiger partial charge in [-0.2, -0.15) is 4.39 Å². The largest absolute Gasteiger partial charge is 0.326 e. The molecule has 0 saturated carbocycles. The van der Waals surface area contributed by atoms with Gasteiger partial charge in [0.05, 0.1) is 0 Å². The molecule has 5 heteroatoms. The number of azo groups is 1. The van der Waals surface area contributed by atoms with Crippen molar-refractivity contribution in [2.45, 2.75) is 0 Å². The zero-order valence-corrected chi connectivity index (χ0v) is 7.48. The summed E-state index contributed by atoms with van der Waals surface area (Å²) < 4.78 is 13.0. The summed E-state index contributed by atoms with van der Waals surface area (Å²) >= 11 is 0. The highest BCUT2D eigenvalue weighted by Crippen LogP contribution is 2.21. The molecule has 0 saturated heterocycles. The minimum absolute atomic E-state index is 0.274. The lowest BCUT2D eigenvalue weighted by molar-refractivity contribution is -0.115. The molecule has 1 aromatic rings. The van der Waals surface area contributed by atoms with E-state index in [-0.39, 0.29) is 5.56 Å². The summed E-state index contributed by atoms with van der Waals surface area (Å²) in [6.45, 7) is 0. The van der Waals surface area contributed by atoms with Gasteiger partial charge in [0.25, 0.3) is 0 Å². The fourth-order valence-corrected chi connectivity index (χ4v) is 1.16. The van der Waals surface area contributed by atoms with Crippen LogP contribution in [0, 0.1) is 0 Å². The molecule has 0 aromatic heterocycles. The highest BCUT2D eigenvalue weighted by Gasteiger charge is 2.27. The quantitative estimate of drug-likeness (QED) is 0.692. The van der Waals surface area contributed by atoms with Crippen LogP contribution in [0.3, 0.4) is 0 Å². The van der Waals surface area contributed by atoms with Gasteiger partial charge in [0.15, 0.2) is 5.70 Å². The number of carbonyl (C=O) groups excluding carboxylic acids is 2. The summed E-state index contributed by atoms with van der Waals surface area (Å²) in [7, 11) is 0. The lowest BCUT2D eigenvalue weighted by Gasteiger charge is -1.96. The molecular formula is C10H5FN2O2. The highest BCUT2D eigenvalue weighted by atomic mass is 19.1. The molecule has 74 valence electrons. The van der Waals surface area contributed by atoms with Gasteiger partial charge in [-0.05, 0) is 0 Å². The number of Topliss-reactive ketones (excluding diaryl/α,β-unsaturated/α-hetero) is 1. The summed E-state index contributed by atoms with van der Waals surface area (Å²) in [4.78, 5) is 22.3. The lowest BCUT2D eigenvalue weighted by atomic mass is 10.1. The molecule has 0 aliphatic carbocycles. The van der Waals surface area contributed by atoms with Gasteiger partial charge in [0.1, 0.15) is 0 Å². The van der Waals surface area contributed by atoms with E-state index in [0.717, 1.165) is 0 Å². The molecule has 0 atom stereocenters. The van der Waals surface area contributed by atoms with Crippen molar-refractivity contribution in [3.05, 3.63) is 47.4 Å². The van der Waals surface area contributed by atoms with Crippen LogP contribution in [0.4, 0.5) is 4.39 Å². The fourth-order valence-electron chi connectivity index (χ4n) is 1.16. The van der Waals surface area contributed by atoms with E-state index in [4.69, 9.17) is 0 Å². The van der Waals surface area contributed by atoms with Gasteiger partial charge in [-0.3, -0.25) is 9.59 Å². The number of benzene rings is 1. The van der Waals surface area contributed by atoms with E-state index in [9.17, 15) is 14.0 Å². The average Bonchev–Trinajstić information content (AvgIpc) is 2.60. The van der Waals surface area contributed by atoms with E-state index in [2.05, 4.69) is 10.2 Å². The van der Waals surface area contributed by atoms with Crippen molar-refractivity contribution < 1.29 is 14.0 Å². The van der Waals surface area contributed by atoms with Gasteiger partial charge in [0.2, 0.25) is 11.6 Å². The molecule has 15 heavy (non-hydrogen) atoms. The normalized spacial score (nSPS) is 14.9. The topological polar surface area (TPSA) is 58.9 Å². The van der Waals surface area contributed by atoms with Crippen LogP contribution in [-0.4, -0.2) is 11.7 Å². The number of hydrogen-bond donors (Lipinski definition) is 0. The summed E-state index contributed by atoms with van der Waals surface area (Å²) in [6, 6.07) is 8.03. The highest BCUT2D eigenvalue weighted by molar-refractivity contribution is 6.14. The molecule has 0 N–H and O–H groups in total. The van der Waals surface area contributed by atoms with Gasteiger partial charge in [-0.15, -0.1) is 10.2 Å². The average molecular weight is 204 g/mol. The zero-order valence-electron chi connectivity index (χ0n) is 7.48. The first kappa shape index (κ1) is 9.39. The van der Waals surface area contributed by atoms with E-state index in [1.165, 1.54) is 12.1 Å². The number of ketones is 1.